The fourth-order valence-corrected chi connectivity index (χ4v) is 3.94. The molecule has 0 aliphatic heterocycles. The van der Waals surface area contributed by atoms with Crippen LogP contribution in [0.15, 0.2) is 60.7 Å². The molecule has 0 fully saturated rings. The minimum atomic E-state index is -0.689. The Kier molecular flexibility index (Phi) is 8.36. The molecule has 10 heteroatoms. The Labute approximate surface area is 199 Å². The molecule has 0 saturated heterocycles. The predicted molar refractivity (Wildman–Crippen MR) is 127 cm³/mol. The number of ether oxygens (including phenoxy) is 2. The van der Waals surface area contributed by atoms with Gasteiger partial charge in [0.1, 0.15) is 4.88 Å². The average molecular weight is 482 g/mol. The molecule has 2 aromatic carbocycles. The number of urea groups is 1. The Hall–Kier alpha value is -4.18. The summed E-state index contributed by atoms with van der Waals surface area (Å²) in [6, 6.07) is 16.7. The first-order chi connectivity index (χ1) is 16.4. The Bertz CT molecular complexity index is 1180. The minimum absolute atomic E-state index is 0.194. The van der Waals surface area contributed by atoms with Crippen LogP contribution in [0, 0.1) is 0 Å². The largest absolute Gasteiger partial charge is 0.462 e. The number of rotatable bonds is 9. The van der Waals surface area contributed by atoms with Gasteiger partial charge >= 0.3 is 18.0 Å². The maximum absolute atomic E-state index is 12.4. The summed E-state index contributed by atoms with van der Waals surface area (Å²) < 4.78 is 10.2. The molecule has 3 amide bonds. The number of anilines is 1. The monoisotopic (exact) mass is 481 g/mol. The van der Waals surface area contributed by atoms with Crippen LogP contribution in [0.3, 0.4) is 0 Å². The van der Waals surface area contributed by atoms with E-state index in [2.05, 4.69) is 10.6 Å². The lowest BCUT2D eigenvalue weighted by molar-refractivity contribution is -0.119. The molecular weight excluding hydrogens is 458 g/mol. The molecule has 176 valence electrons. The van der Waals surface area contributed by atoms with Crippen molar-refractivity contribution in [1.82, 2.24) is 5.32 Å². The number of amides is 3. The van der Waals surface area contributed by atoms with Crippen molar-refractivity contribution in [2.75, 3.05) is 18.5 Å². The highest BCUT2D eigenvalue weighted by Crippen LogP contribution is 2.35. The second-order valence-corrected chi connectivity index (χ2v) is 8.03. The van der Waals surface area contributed by atoms with Crippen molar-refractivity contribution in [2.24, 2.45) is 5.73 Å². The van der Waals surface area contributed by atoms with Gasteiger partial charge in [0.2, 0.25) is 0 Å². The number of primary amides is 1. The molecular formula is C24H23N3O6S. The molecule has 0 saturated carbocycles. The van der Waals surface area contributed by atoms with Crippen LogP contribution in [0.4, 0.5) is 10.5 Å². The molecule has 34 heavy (non-hydrogen) atoms. The number of hydrogen-bond acceptors (Lipinski definition) is 7. The number of nitrogens with two attached hydrogens (primary N) is 1. The van der Waals surface area contributed by atoms with Gasteiger partial charge in [-0.05, 0) is 36.2 Å². The molecule has 0 atom stereocenters. The summed E-state index contributed by atoms with van der Waals surface area (Å²) in [7, 11) is 0. The zero-order valence-electron chi connectivity index (χ0n) is 18.3. The second-order valence-electron chi connectivity index (χ2n) is 6.98. The Balaban J connectivity index is 1.63. The number of thiophene rings is 1. The highest BCUT2D eigenvalue weighted by atomic mass is 32.1. The van der Waals surface area contributed by atoms with Crippen molar-refractivity contribution < 1.29 is 28.7 Å². The van der Waals surface area contributed by atoms with E-state index in [1.165, 1.54) is 23.5 Å². The molecule has 1 aromatic heterocycles. The predicted octanol–water partition coefficient (Wildman–Crippen LogP) is 3.56. The van der Waals surface area contributed by atoms with Gasteiger partial charge in [0, 0.05) is 11.4 Å². The van der Waals surface area contributed by atoms with E-state index >= 15 is 0 Å². The second kappa shape index (κ2) is 11.6. The molecule has 4 N–H and O–H groups in total. The van der Waals surface area contributed by atoms with Gasteiger partial charge in [0.25, 0.3) is 5.91 Å². The normalized spacial score (nSPS) is 10.3. The van der Waals surface area contributed by atoms with Crippen LogP contribution in [0.5, 0.6) is 0 Å². The van der Waals surface area contributed by atoms with Crippen LogP contribution in [0.1, 0.15) is 32.5 Å². The standard InChI is InChI=1S/C24H23N3O6S/c1-2-32-23(30)21-18(12-19(34-21)16-6-4-3-5-7-16)27-20(28)14-33-22(29)17-10-8-15(9-11-17)13-26-24(25)31/h3-12H,2,13-14H2,1H3,(H,27,28)(H3,25,26,31). The zero-order valence-corrected chi connectivity index (χ0v) is 19.1. The lowest BCUT2D eigenvalue weighted by atomic mass is 10.1. The molecule has 1 heterocycles. The highest BCUT2D eigenvalue weighted by Gasteiger charge is 2.20. The van der Waals surface area contributed by atoms with Gasteiger partial charge in [-0.1, -0.05) is 42.5 Å². The molecule has 0 aliphatic rings. The van der Waals surface area contributed by atoms with E-state index in [9.17, 15) is 19.2 Å². The van der Waals surface area contributed by atoms with Crippen LogP contribution < -0.4 is 16.4 Å². The fourth-order valence-electron chi connectivity index (χ4n) is 2.93. The Morgan fingerprint density at radius 2 is 1.65 bits per heavy atom. The van der Waals surface area contributed by atoms with Crippen LogP contribution in [0.25, 0.3) is 10.4 Å². The number of benzene rings is 2. The quantitative estimate of drug-likeness (QED) is 0.400. The van der Waals surface area contributed by atoms with E-state index < -0.39 is 30.5 Å². The third-order valence-electron chi connectivity index (χ3n) is 4.52. The summed E-state index contributed by atoms with van der Waals surface area (Å²) >= 11 is 1.20. The van der Waals surface area contributed by atoms with Crippen LogP contribution >= 0.6 is 11.3 Å². The van der Waals surface area contributed by atoms with Gasteiger partial charge < -0.3 is 25.8 Å². The van der Waals surface area contributed by atoms with E-state index in [-0.39, 0.29) is 29.3 Å². The molecule has 0 aliphatic carbocycles. The van der Waals surface area contributed by atoms with Crippen molar-refractivity contribution in [3.05, 3.63) is 76.7 Å². The summed E-state index contributed by atoms with van der Waals surface area (Å²) in [6.07, 6.45) is 0. The summed E-state index contributed by atoms with van der Waals surface area (Å²) in [5, 5.41) is 5.07. The van der Waals surface area contributed by atoms with Gasteiger partial charge in [0.15, 0.2) is 6.61 Å². The molecule has 0 bridgehead atoms. The SMILES string of the molecule is CCOC(=O)c1sc(-c2ccccc2)cc1NC(=O)COC(=O)c1ccc(CNC(N)=O)cc1. The Morgan fingerprint density at radius 1 is 0.941 bits per heavy atom. The van der Waals surface area contributed by atoms with Crippen molar-refractivity contribution in [3.8, 4) is 10.4 Å². The number of nitrogens with one attached hydrogen (secondary N) is 2. The van der Waals surface area contributed by atoms with E-state index in [1.807, 2.05) is 30.3 Å². The number of hydrogen-bond donors (Lipinski definition) is 3. The molecule has 3 rings (SSSR count). The lowest BCUT2D eigenvalue weighted by Crippen LogP contribution is -2.28. The van der Waals surface area contributed by atoms with Crippen molar-refractivity contribution in [2.45, 2.75) is 13.5 Å². The topological polar surface area (TPSA) is 137 Å². The number of esters is 2. The highest BCUT2D eigenvalue weighted by molar-refractivity contribution is 7.18. The summed E-state index contributed by atoms with van der Waals surface area (Å²) in [4.78, 5) is 48.9. The maximum atomic E-state index is 12.4. The molecule has 0 radical (unpaired) electrons. The fraction of sp³-hybridized carbons (Fsp3) is 0.167. The smallest absolute Gasteiger partial charge is 0.350 e. The minimum Gasteiger partial charge on any atom is -0.462 e. The van der Waals surface area contributed by atoms with Crippen molar-refractivity contribution in [3.63, 3.8) is 0 Å². The van der Waals surface area contributed by atoms with Crippen LogP contribution in [-0.2, 0) is 20.8 Å². The van der Waals surface area contributed by atoms with E-state index in [1.54, 1.807) is 25.1 Å². The molecule has 0 unspecified atom stereocenters. The molecule has 3 aromatic rings. The molecule has 9 nitrogen and oxygen atoms in total. The summed E-state index contributed by atoms with van der Waals surface area (Å²) in [5.74, 6) is -1.84. The van der Waals surface area contributed by atoms with Gasteiger partial charge in [-0.2, -0.15) is 0 Å². The zero-order chi connectivity index (χ0) is 24.5. The summed E-state index contributed by atoms with van der Waals surface area (Å²) in [6.45, 7) is 1.58. The number of carbonyl (C=O) groups excluding carboxylic acids is 4. The first-order valence-corrected chi connectivity index (χ1v) is 11.1. The van der Waals surface area contributed by atoms with E-state index in [0.717, 1.165) is 16.0 Å². The third kappa shape index (κ3) is 6.66. The van der Waals surface area contributed by atoms with Gasteiger partial charge in [-0.25, -0.2) is 14.4 Å². The van der Waals surface area contributed by atoms with Gasteiger partial charge in [-0.3, -0.25) is 4.79 Å². The third-order valence-corrected chi connectivity index (χ3v) is 5.68. The molecule has 0 spiro atoms. The summed E-state index contributed by atoms with van der Waals surface area (Å²) in [5.41, 5.74) is 7.18. The van der Waals surface area contributed by atoms with E-state index in [0.29, 0.717) is 0 Å². The maximum Gasteiger partial charge on any atom is 0.350 e. The number of carbonyl (C=O) groups is 4. The van der Waals surface area contributed by atoms with Crippen molar-refractivity contribution in [1.29, 1.82) is 0 Å². The van der Waals surface area contributed by atoms with Crippen LogP contribution in [-0.4, -0.2) is 37.1 Å². The van der Waals surface area contributed by atoms with Gasteiger partial charge in [0.05, 0.1) is 17.9 Å². The first kappa shape index (κ1) is 24.5. The van der Waals surface area contributed by atoms with Crippen LogP contribution in [0.2, 0.25) is 0 Å². The average Bonchev–Trinajstić information content (AvgIpc) is 3.26. The Morgan fingerprint density at radius 3 is 2.29 bits per heavy atom. The lowest BCUT2D eigenvalue weighted by Gasteiger charge is -2.08. The van der Waals surface area contributed by atoms with Crippen molar-refractivity contribution >= 4 is 40.9 Å². The first-order valence-electron chi connectivity index (χ1n) is 10.3. The van der Waals surface area contributed by atoms with Gasteiger partial charge in [-0.15, -0.1) is 11.3 Å². The van der Waals surface area contributed by atoms with E-state index in [4.69, 9.17) is 15.2 Å².